The van der Waals surface area contributed by atoms with Crippen molar-refractivity contribution in [2.45, 2.75) is 33.2 Å². The first-order valence-electron chi connectivity index (χ1n) is 11.9. The first-order valence-corrected chi connectivity index (χ1v) is 11.9. The van der Waals surface area contributed by atoms with Gasteiger partial charge < -0.3 is 24.4 Å². The SMILES string of the molecule is CCN(CC)CCCN1C(=O)C(=O)C(=C(O)c2ccc3c(c2)OCCO3)[C@H]1c1ccc(C)cc1. The van der Waals surface area contributed by atoms with Gasteiger partial charge in [-0.25, -0.2) is 0 Å². The average Bonchev–Trinajstić information content (AvgIpc) is 3.11. The van der Waals surface area contributed by atoms with E-state index in [2.05, 4.69) is 18.7 Å². The Balaban J connectivity index is 1.72. The third-order valence-electron chi connectivity index (χ3n) is 6.52. The van der Waals surface area contributed by atoms with Crippen molar-refractivity contribution in [2.75, 3.05) is 39.4 Å². The maximum atomic E-state index is 13.2. The number of aliphatic hydroxyl groups excluding tert-OH is 1. The molecule has 2 aromatic carbocycles. The lowest BCUT2D eigenvalue weighted by atomic mass is 9.94. The summed E-state index contributed by atoms with van der Waals surface area (Å²) in [5, 5.41) is 11.3. The summed E-state index contributed by atoms with van der Waals surface area (Å²) in [4.78, 5) is 30.2. The summed E-state index contributed by atoms with van der Waals surface area (Å²) in [5.74, 6) is -0.345. The number of benzene rings is 2. The minimum Gasteiger partial charge on any atom is -0.507 e. The quantitative estimate of drug-likeness (QED) is 0.362. The summed E-state index contributed by atoms with van der Waals surface area (Å²) >= 11 is 0. The summed E-state index contributed by atoms with van der Waals surface area (Å²) in [6, 6.07) is 12.1. The van der Waals surface area contributed by atoms with Crippen LogP contribution in [0.15, 0.2) is 48.0 Å². The van der Waals surface area contributed by atoms with Crippen molar-refractivity contribution >= 4 is 17.4 Å². The lowest BCUT2D eigenvalue weighted by Gasteiger charge is -2.27. The minimum absolute atomic E-state index is 0.105. The standard InChI is InChI=1S/C27H32N2O5/c1-4-28(5-2)13-6-14-29-24(19-9-7-18(3)8-10-19)23(26(31)27(29)32)25(30)20-11-12-21-22(17-20)34-16-15-33-21/h7-12,17,24,30H,4-6,13-16H2,1-3H3/t24-/m1/s1. The van der Waals surface area contributed by atoms with Gasteiger partial charge in [0.05, 0.1) is 11.6 Å². The van der Waals surface area contributed by atoms with E-state index >= 15 is 0 Å². The topological polar surface area (TPSA) is 79.3 Å². The van der Waals surface area contributed by atoms with Gasteiger partial charge in [-0.1, -0.05) is 43.7 Å². The third-order valence-corrected chi connectivity index (χ3v) is 6.52. The van der Waals surface area contributed by atoms with Crippen LogP contribution in [0.2, 0.25) is 0 Å². The summed E-state index contributed by atoms with van der Waals surface area (Å²) in [6.45, 7) is 10.2. The van der Waals surface area contributed by atoms with E-state index in [1.807, 2.05) is 31.2 Å². The molecule has 1 fully saturated rings. The number of nitrogens with zero attached hydrogens (tertiary/aromatic N) is 2. The van der Waals surface area contributed by atoms with Crippen LogP contribution in [-0.2, 0) is 9.59 Å². The molecule has 7 nitrogen and oxygen atoms in total. The zero-order valence-corrected chi connectivity index (χ0v) is 20.0. The third kappa shape index (κ3) is 4.66. The van der Waals surface area contributed by atoms with Crippen molar-refractivity contribution in [3.8, 4) is 11.5 Å². The van der Waals surface area contributed by atoms with Crippen LogP contribution in [0, 0.1) is 6.92 Å². The molecule has 0 aliphatic carbocycles. The second kappa shape index (κ2) is 10.3. The highest BCUT2D eigenvalue weighted by atomic mass is 16.6. The van der Waals surface area contributed by atoms with Crippen LogP contribution >= 0.6 is 0 Å². The van der Waals surface area contributed by atoms with E-state index in [0.717, 1.165) is 37.2 Å². The Labute approximate surface area is 200 Å². The van der Waals surface area contributed by atoms with Gasteiger partial charge in [-0.3, -0.25) is 9.59 Å². The molecule has 1 amide bonds. The molecule has 2 heterocycles. The van der Waals surface area contributed by atoms with E-state index in [0.29, 0.717) is 36.8 Å². The highest BCUT2D eigenvalue weighted by Gasteiger charge is 2.45. The molecule has 2 aliphatic heterocycles. The Morgan fingerprint density at radius 2 is 1.71 bits per heavy atom. The number of carbonyl (C=O) groups is 2. The second-order valence-electron chi connectivity index (χ2n) is 8.64. The van der Waals surface area contributed by atoms with Crippen molar-refractivity contribution < 1.29 is 24.2 Å². The molecule has 2 aromatic rings. The Kier molecular flexibility index (Phi) is 7.22. The van der Waals surface area contributed by atoms with Gasteiger partial charge in [-0.15, -0.1) is 0 Å². The fourth-order valence-electron chi connectivity index (χ4n) is 4.56. The molecule has 34 heavy (non-hydrogen) atoms. The smallest absolute Gasteiger partial charge is 0.295 e. The van der Waals surface area contributed by atoms with Crippen LogP contribution in [0.3, 0.4) is 0 Å². The van der Waals surface area contributed by atoms with Crippen molar-refractivity contribution in [3.05, 3.63) is 64.7 Å². The monoisotopic (exact) mass is 464 g/mol. The van der Waals surface area contributed by atoms with E-state index in [1.165, 1.54) is 0 Å². The van der Waals surface area contributed by atoms with Crippen LogP contribution in [0.1, 0.15) is 43.0 Å². The number of aryl methyl sites for hydroxylation is 1. The number of ketones is 1. The van der Waals surface area contributed by atoms with Crippen molar-refractivity contribution in [1.82, 2.24) is 9.80 Å². The number of hydrogen-bond acceptors (Lipinski definition) is 6. The van der Waals surface area contributed by atoms with E-state index in [4.69, 9.17) is 9.47 Å². The Morgan fingerprint density at radius 3 is 2.38 bits per heavy atom. The average molecular weight is 465 g/mol. The van der Waals surface area contributed by atoms with Gasteiger partial charge >= 0.3 is 0 Å². The first-order chi connectivity index (χ1) is 16.4. The number of ether oxygens (including phenoxy) is 2. The molecule has 1 saturated heterocycles. The molecule has 0 bridgehead atoms. The molecule has 0 aromatic heterocycles. The van der Waals surface area contributed by atoms with Crippen LogP contribution in [0.4, 0.5) is 0 Å². The van der Waals surface area contributed by atoms with E-state index in [1.54, 1.807) is 23.1 Å². The molecule has 1 N–H and O–H groups in total. The number of Topliss-reactive ketones (excluding diaryl/α,β-unsaturated/α-hetero) is 1. The molecular formula is C27H32N2O5. The number of carbonyl (C=O) groups excluding carboxylic acids is 2. The minimum atomic E-state index is -0.666. The van der Waals surface area contributed by atoms with Crippen LogP contribution < -0.4 is 9.47 Å². The Bertz CT molecular complexity index is 1090. The number of aliphatic hydroxyl groups is 1. The van der Waals surface area contributed by atoms with Gasteiger partial charge in [0.25, 0.3) is 11.7 Å². The fraction of sp³-hybridized carbons (Fsp3) is 0.407. The zero-order valence-electron chi connectivity index (χ0n) is 20.0. The first kappa shape index (κ1) is 23.8. The van der Waals surface area contributed by atoms with Gasteiger partial charge in [-0.05, 0) is 56.7 Å². The largest absolute Gasteiger partial charge is 0.507 e. The van der Waals surface area contributed by atoms with Crippen LogP contribution in [0.5, 0.6) is 11.5 Å². The molecule has 1 atom stereocenters. The number of fused-ring (bicyclic) bond motifs is 1. The van der Waals surface area contributed by atoms with E-state index in [9.17, 15) is 14.7 Å². The van der Waals surface area contributed by atoms with E-state index < -0.39 is 17.7 Å². The molecule has 0 radical (unpaired) electrons. The lowest BCUT2D eigenvalue weighted by Crippen LogP contribution is -2.33. The summed E-state index contributed by atoms with van der Waals surface area (Å²) in [6.07, 6.45) is 0.737. The van der Waals surface area contributed by atoms with E-state index in [-0.39, 0.29) is 11.3 Å². The Hall–Kier alpha value is -3.32. The maximum Gasteiger partial charge on any atom is 0.295 e. The van der Waals surface area contributed by atoms with Crippen LogP contribution in [-0.4, -0.2) is 66.0 Å². The maximum absolute atomic E-state index is 13.2. The molecule has 180 valence electrons. The van der Waals surface area contributed by atoms with Crippen molar-refractivity contribution in [1.29, 1.82) is 0 Å². The molecular weight excluding hydrogens is 432 g/mol. The predicted molar refractivity (Wildman–Crippen MR) is 130 cm³/mol. The highest BCUT2D eigenvalue weighted by Crippen LogP contribution is 2.41. The predicted octanol–water partition coefficient (Wildman–Crippen LogP) is 3.92. The zero-order chi connectivity index (χ0) is 24.2. The van der Waals surface area contributed by atoms with Gasteiger partial charge in [-0.2, -0.15) is 0 Å². The van der Waals surface area contributed by atoms with Crippen molar-refractivity contribution in [3.63, 3.8) is 0 Å². The number of likely N-dealkylation sites (tertiary alicyclic amines) is 1. The van der Waals surface area contributed by atoms with Crippen molar-refractivity contribution in [2.24, 2.45) is 0 Å². The molecule has 0 unspecified atom stereocenters. The van der Waals surface area contributed by atoms with Gasteiger partial charge in [0, 0.05) is 12.1 Å². The Morgan fingerprint density at radius 1 is 1.03 bits per heavy atom. The summed E-state index contributed by atoms with van der Waals surface area (Å²) in [5.41, 5.74) is 2.40. The normalized spacial score (nSPS) is 19.2. The molecule has 7 heteroatoms. The summed E-state index contributed by atoms with van der Waals surface area (Å²) < 4.78 is 11.2. The van der Waals surface area contributed by atoms with Gasteiger partial charge in [0.15, 0.2) is 11.5 Å². The number of hydrogen-bond donors (Lipinski definition) is 1. The fourth-order valence-corrected chi connectivity index (χ4v) is 4.56. The second-order valence-corrected chi connectivity index (χ2v) is 8.64. The molecule has 0 saturated carbocycles. The molecule has 2 aliphatic rings. The molecule has 0 spiro atoms. The summed E-state index contributed by atoms with van der Waals surface area (Å²) in [7, 11) is 0. The lowest BCUT2D eigenvalue weighted by molar-refractivity contribution is -0.140. The van der Waals surface area contributed by atoms with Gasteiger partial charge in [0.1, 0.15) is 19.0 Å². The van der Waals surface area contributed by atoms with Crippen LogP contribution in [0.25, 0.3) is 5.76 Å². The van der Waals surface area contributed by atoms with Gasteiger partial charge in [0.2, 0.25) is 0 Å². The highest BCUT2D eigenvalue weighted by molar-refractivity contribution is 6.46. The number of rotatable bonds is 8. The number of amides is 1. The molecule has 4 rings (SSSR count).